The van der Waals surface area contributed by atoms with Gasteiger partial charge in [0, 0.05) is 5.56 Å². The number of rotatable bonds is 4. The van der Waals surface area contributed by atoms with Gasteiger partial charge in [-0.2, -0.15) is 5.26 Å². The van der Waals surface area contributed by atoms with Crippen molar-refractivity contribution < 1.29 is 9.21 Å². The number of benzene rings is 2. The Morgan fingerprint density at radius 3 is 2.50 bits per heavy atom. The first kappa shape index (κ1) is 15.4. The molecule has 1 amide bonds. The van der Waals surface area contributed by atoms with Crippen LogP contribution in [0.1, 0.15) is 32.9 Å². The molecule has 0 saturated heterocycles. The lowest BCUT2D eigenvalue weighted by molar-refractivity contribution is 0.102. The summed E-state index contributed by atoms with van der Waals surface area (Å²) in [5, 5.41) is 19.1. The van der Waals surface area contributed by atoms with Crippen molar-refractivity contribution in [3.05, 3.63) is 76.7 Å². The average molecular weight is 318 g/mol. The van der Waals surface area contributed by atoms with Crippen molar-refractivity contribution in [2.24, 2.45) is 0 Å². The summed E-state index contributed by atoms with van der Waals surface area (Å²) in [6.45, 7) is 2.02. The molecule has 118 valence electrons. The van der Waals surface area contributed by atoms with Crippen LogP contribution in [0, 0.1) is 18.3 Å². The smallest absolute Gasteiger partial charge is 0.322 e. The van der Waals surface area contributed by atoms with E-state index in [2.05, 4.69) is 15.5 Å². The monoisotopic (exact) mass is 318 g/mol. The van der Waals surface area contributed by atoms with E-state index in [9.17, 15) is 4.79 Å². The molecule has 0 radical (unpaired) electrons. The van der Waals surface area contributed by atoms with E-state index < -0.39 is 0 Å². The standard InChI is InChI=1S/C18H14N4O2/c1-12-2-4-13(5-3-12)10-16-21-22-18(24-16)20-17(23)15-8-6-14(11-19)7-9-15/h2-9H,10H2,1H3,(H,20,22,23). The van der Waals surface area contributed by atoms with Gasteiger partial charge in [0.1, 0.15) is 0 Å². The van der Waals surface area contributed by atoms with Crippen LogP contribution in [0.3, 0.4) is 0 Å². The largest absolute Gasteiger partial charge is 0.407 e. The number of carbonyl (C=O) groups is 1. The fourth-order valence-corrected chi connectivity index (χ4v) is 2.12. The lowest BCUT2D eigenvalue weighted by atomic mass is 10.1. The lowest BCUT2D eigenvalue weighted by Gasteiger charge is -2.00. The van der Waals surface area contributed by atoms with E-state index in [1.807, 2.05) is 37.3 Å². The number of nitriles is 1. The third-order valence-corrected chi connectivity index (χ3v) is 3.44. The zero-order valence-corrected chi connectivity index (χ0v) is 13.0. The molecule has 0 aliphatic rings. The zero-order valence-electron chi connectivity index (χ0n) is 13.0. The molecule has 3 rings (SSSR count). The van der Waals surface area contributed by atoms with Crippen LogP contribution in [0.25, 0.3) is 0 Å². The molecule has 2 aromatic carbocycles. The first-order valence-corrected chi connectivity index (χ1v) is 7.33. The highest BCUT2D eigenvalue weighted by Gasteiger charge is 2.12. The number of aromatic nitrogens is 2. The second kappa shape index (κ2) is 6.75. The SMILES string of the molecule is Cc1ccc(Cc2nnc(NC(=O)c3ccc(C#N)cc3)o2)cc1. The molecule has 6 nitrogen and oxygen atoms in total. The quantitative estimate of drug-likeness (QED) is 0.798. The van der Waals surface area contributed by atoms with Gasteiger partial charge in [-0.25, -0.2) is 0 Å². The van der Waals surface area contributed by atoms with Gasteiger partial charge in [-0.3, -0.25) is 10.1 Å². The molecule has 1 N–H and O–H groups in total. The summed E-state index contributed by atoms with van der Waals surface area (Å²) in [5.41, 5.74) is 3.13. The molecule has 24 heavy (non-hydrogen) atoms. The van der Waals surface area contributed by atoms with Gasteiger partial charge in [0.25, 0.3) is 5.91 Å². The molecular formula is C18H14N4O2. The van der Waals surface area contributed by atoms with Crippen LogP contribution < -0.4 is 5.32 Å². The van der Waals surface area contributed by atoms with Gasteiger partial charge in [-0.05, 0) is 36.8 Å². The predicted molar refractivity (Wildman–Crippen MR) is 87.4 cm³/mol. The highest BCUT2D eigenvalue weighted by Crippen LogP contribution is 2.13. The van der Waals surface area contributed by atoms with Crippen LogP contribution in [0.4, 0.5) is 6.01 Å². The van der Waals surface area contributed by atoms with Crippen LogP contribution in [-0.2, 0) is 6.42 Å². The maximum absolute atomic E-state index is 12.1. The summed E-state index contributed by atoms with van der Waals surface area (Å²) >= 11 is 0. The number of anilines is 1. The Labute approximate surface area is 138 Å². The molecular weight excluding hydrogens is 304 g/mol. The maximum atomic E-state index is 12.1. The Balaban J connectivity index is 1.65. The molecule has 0 bridgehead atoms. The molecule has 6 heteroatoms. The molecule has 0 saturated carbocycles. The topological polar surface area (TPSA) is 91.8 Å². The van der Waals surface area contributed by atoms with E-state index in [4.69, 9.17) is 9.68 Å². The van der Waals surface area contributed by atoms with Gasteiger partial charge in [-0.1, -0.05) is 34.9 Å². The molecule has 3 aromatic rings. The van der Waals surface area contributed by atoms with E-state index in [1.54, 1.807) is 24.3 Å². The van der Waals surface area contributed by atoms with Crippen molar-refractivity contribution in [2.75, 3.05) is 5.32 Å². The van der Waals surface area contributed by atoms with E-state index in [0.717, 1.165) is 5.56 Å². The number of hydrogen-bond donors (Lipinski definition) is 1. The Kier molecular flexibility index (Phi) is 4.34. The highest BCUT2D eigenvalue weighted by atomic mass is 16.4. The van der Waals surface area contributed by atoms with E-state index >= 15 is 0 Å². The minimum atomic E-state index is -0.370. The minimum Gasteiger partial charge on any atom is -0.407 e. The van der Waals surface area contributed by atoms with Crippen LogP contribution >= 0.6 is 0 Å². The Hall–Kier alpha value is -3.46. The normalized spacial score (nSPS) is 10.2. The molecule has 0 aliphatic heterocycles. The summed E-state index contributed by atoms with van der Waals surface area (Å²) in [6, 6.07) is 16.3. The Morgan fingerprint density at radius 1 is 1.12 bits per heavy atom. The van der Waals surface area contributed by atoms with Gasteiger partial charge in [-0.15, -0.1) is 5.10 Å². The van der Waals surface area contributed by atoms with Crippen molar-refractivity contribution in [1.29, 1.82) is 5.26 Å². The number of carbonyl (C=O) groups excluding carboxylic acids is 1. The lowest BCUT2D eigenvalue weighted by Crippen LogP contribution is -2.12. The maximum Gasteiger partial charge on any atom is 0.322 e. The van der Waals surface area contributed by atoms with Crippen molar-refractivity contribution in [3.8, 4) is 6.07 Å². The van der Waals surface area contributed by atoms with Gasteiger partial charge < -0.3 is 4.42 Å². The molecule has 1 heterocycles. The van der Waals surface area contributed by atoms with Crippen molar-refractivity contribution in [3.63, 3.8) is 0 Å². The molecule has 0 fully saturated rings. The predicted octanol–water partition coefficient (Wildman–Crippen LogP) is 3.09. The fourth-order valence-electron chi connectivity index (χ4n) is 2.12. The first-order valence-electron chi connectivity index (χ1n) is 7.33. The third-order valence-electron chi connectivity index (χ3n) is 3.44. The summed E-state index contributed by atoms with van der Waals surface area (Å²) < 4.78 is 5.45. The van der Waals surface area contributed by atoms with Crippen LogP contribution in [0.15, 0.2) is 52.9 Å². The van der Waals surface area contributed by atoms with Gasteiger partial charge in [0.15, 0.2) is 0 Å². The van der Waals surface area contributed by atoms with E-state index in [1.165, 1.54) is 5.56 Å². The molecule has 0 atom stereocenters. The van der Waals surface area contributed by atoms with Crippen molar-refractivity contribution in [1.82, 2.24) is 10.2 Å². The number of nitrogens with zero attached hydrogens (tertiary/aromatic N) is 3. The molecule has 0 spiro atoms. The number of nitrogens with one attached hydrogen (secondary N) is 1. The molecule has 0 unspecified atom stereocenters. The second-order valence-electron chi connectivity index (χ2n) is 5.31. The summed E-state index contributed by atoms with van der Waals surface area (Å²) in [5.74, 6) is 0.0546. The first-order chi connectivity index (χ1) is 11.6. The third kappa shape index (κ3) is 3.65. The molecule has 0 aliphatic carbocycles. The summed E-state index contributed by atoms with van der Waals surface area (Å²) in [4.78, 5) is 12.1. The number of hydrogen-bond acceptors (Lipinski definition) is 5. The summed E-state index contributed by atoms with van der Waals surface area (Å²) in [6.07, 6.45) is 0.500. The average Bonchev–Trinajstić information content (AvgIpc) is 3.04. The number of aryl methyl sites for hydroxylation is 1. The fraction of sp³-hybridized carbons (Fsp3) is 0.111. The van der Waals surface area contributed by atoms with Gasteiger partial charge in [0.05, 0.1) is 18.1 Å². The van der Waals surface area contributed by atoms with Crippen LogP contribution in [0.5, 0.6) is 0 Å². The van der Waals surface area contributed by atoms with Gasteiger partial charge >= 0.3 is 6.01 Å². The molecule has 1 aromatic heterocycles. The number of amides is 1. The summed E-state index contributed by atoms with van der Waals surface area (Å²) in [7, 11) is 0. The minimum absolute atomic E-state index is 0.0477. The zero-order chi connectivity index (χ0) is 16.9. The van der Waals surface area contributed by atoms with Crippen LogP contribution in [0.2, 0.25) is 0 Å². The Morgan fingerprint density at radius 2 is 1.83 bits per heavy atom. The highest BCUT2D eigenvalue weighted by molar-refractivity contribution is 6.03. The van der Waals surface area contributed by atoms with E-state index in [0.29, 0.717) is 23.4 Å². The van der Waals surface area contributed by atoms with Gasteiger partial charge in [0.2, 0.25) is 5.89 Å². The second-order valence-corrected chi connectivity index (χ2v) is 5.31. The van der Waals surface area contributed by atoms with E-state index in [-0.39, 0.29) is 11.9 Å². The Bertz CT molecular complexity index is 890. The van der Waals surface area contributed by atoms with Crippen LogP contribution in [-0.4, -0.2) is 16.1 Å². The van der Waals surface area contributed by atoms with Crippen molar-refractivity contribution >= 4 is 11.9 Å². The van der Waals surface area contributed by atoms with Crippen molar-refractivity contribution in [2.45, 2.75) is 13.3 Å².